The number of amides is 2. The lowest BCUT2D eigenvalue weighted by Gasteiger charge is -2.42. The minimum Gasteiger partial charge on any atom is -0.321 e. The number of nitrogens with one attached hydrogen (secondary N) is 1. The van der Waals surface area contributed by atoms with E-state index in [-0.39, 0.29) is 6.03 Å². The van der Waals surface area contributed by atoms with Crippen molar-refractivity contribution >= 4 is 11.8 Å². The Morgan fingerprint density at radius 3 is 2.79 bits per heavy atom. The quantitative estimate of drug-likeness (QED) is 0.888. The second-order valence-corrected chi connectivity index (χ2v) is 5.35. The van der Waals surface area contributed by atoms with Crippen molar-refractivity contribution in [2.75, 3.05) is 32.5 Å². The van der Waals surface area contributed by atoms with Crippen LogP contribution in [0, 0.1) is 0 Å². The Labute approximate surface area is 114 Å². The fourth-order valence-electron chi connectivity index (χ4n) is 2.16. The van der Waals surface area contributed by atoms with Crippen LogP contribution in [0.4, 0.5) is 10.6 Å². The van der Waals surface area contributed by atoms with Crippen molar-refractivity contribution in [3.63, 3.8) is 0 Å². The van der Waals surface area contributed by atoms with E-state index in [0.717, 1.165) is 37.4 Å². The van der Waals surface area contributed by atoms with Gasteiger partial charge in [-0.2, -0.15) is 5.10 Å². The van der Waals surface area contributed by atoms with Crippen molar-refractivity contribution in [3.05, 3.63) is 11.8 Å². The molecule has 19 heavy (non-hydrogen) atoms. The number of aromatic nitrogens is 2. The predicted molar refractivity (Wildman–Crippen MR) is 75.3 cm³/mol. The van der Waals surface area contributed by atoms with Gasteiger partial charge in [-0.1, -0.05) is 13.3 Å². The molecule has 1 aliphatic rings. The van der Waals surface area contributed by atoms with Gasteiger partial charge >= 0.3 is 6.03 Å². The molecule has 0 aliphatic carbocycles. The zero-order valence-electron chi connectivity index (χ0n) is 12.2. The first-order chi connectivity index (χ1) is 9.01. The number of aryl methyl sites for hydroxylation is 2. The van der Waals surface area contributed by atoms with Crippen molar-refractivity contribution in [2.45, 2.75) is 25.8 Å². The number of hydrogen-bond donors (Lipinski definition) is 1. The van der Waals surface area contributed by atoms with Crippen molar-refractivity contribution in [2.24, 2.45) is 7.05 Å². The number of likely N-dealkylation sites (N-methyl/N-ethyl adjacent to an activating group) is 1. The van der Waals surface area contributed by atoms with Crippen molar-refractivity contribution in [1.29, 1.82) is 0 Å². The zero-order valence-corrected chi connectivity index (χ0v) is 12.2. The third-order valence-corrected chi connectivity index (χ3v) is 3.55. The molecule has 0 radical (unpaired) electrons. The van der Waals surface area contributed by atoms with Crippen molar-refractivity contribution in [1.82, 2.24) is 19.6 Å². The van der Waals surface area contributed by atoms with Crippen LogP contribution >= 0.6 is 0 Å². The second kappa shape index (κ2) is 5.61. The maximum absolute atomic E-state index is 12.0. The van der Waals surface area contributed by atoms with E-state index in [2.05, 4.69) is 22.2 Å². The first-order valence-electron chi connectivity index (χ1n) is 6.76. The molecular formula is C13H23N5O. The van der Waals surface area contributed by atoms with Crippen molar-refractivity contribution in [3.8, 4) is 0 Å². The molecule has 1 saturated heterocycles. The predicted octanol–water partition coefficient (Wildman–Crippen LogP) is 1.15. The molecule has 2 amide bonds. The highest BCUT2D eigenvalue weighted by Crippen LogP contribution is 2.16. The molecule has 6 heteroatoms. The molecular weight excluding hydrogens is 242 g/mol. The third kappa shape index (κ3) is 3.07. The first kappa shape index (κ1) is 13.9. The highest BCUT2D eigenvalue weighted by atomic mass is 16.2. The summed E-state index contributed by atoms with van der Waals surface area (Å²) in [7, 11) is 5.93. The van der Waals surface area contributed by atoms with Crippen LogP contribution in [0.25, 0.3) is 0 Å². The lowest BCUT2D eigenvalue weighted by molar-refractivity contribution is 0.0941. The highest BCUT2D eigenvalue weighted by molar-refractivity contribution is 5.89. The van der Waals surface area contributed by atoms with Gasteiger partial charge in [-0.25, -0.2) is 4.79 Å². The summed E-state index contributed by atoms with van der Waals surface area (Å²) < 4.78 is 1.73. The van der Waals surface area contributed by atoms with E-state index in [1.807, 2.05) is 32.1 Å². The van der Waals surface area contributed by atoms with Crippen LogP contribution in [0.3, 0.4) is 0 Å². The van der Waals surface area contributed by atoms with Crippen LogP contribution in [-0.4, -0.2) is 58.8 Å². The number of anilines is 1. The topological polar surface area (TPSA) is 53.4 Å². The number of carbonyl (C=O) groups excluding carboxylic acids is 1. The molecule has 0 bridgehead atoms. The summed E-state index contributed by atoms with van der Waals surface area (Å²) in [4.78, 5) is 16.0. The fourth-order valence-corrected chi connectivity index (χ4v) is 2.16. The normalized spacial score (nSPS) is 15.7. The smallest absolute Gasteiger partial charge is 0.321 e. The molecule has 2 heterocycles. The maximum Gasteiger partial charge on any atom is 0.323 e. The van der Waals surface area contributed by atoms with E-state index in [0.29, 0.717) is 6.04 Å². The van der Waals surface area contributed by atoms with Gasteiger partial charge < -0.3 is 9.80 Å². The average Bonchev–Trinajstić information content (AvgIpc) is 2.56. The third-order valence-electron chi connectivity index (χ3n) is 3.55. The van der Waals surface area contributed by atoms with E-state index in [1.165, 1.54) is 0 Å². The summed E-state index contributed by atoms with van der Waals surface area (Å²) in [6.07, 6.45) is 2.00. The number of urea groups is 1. The lowest BCUT2D eigenvalue weighted by atomic mass is 10.1. The molecule has 0 spiro atoms. The van der Waals surface area contributed by atoms with E-state index < -0.39 is 0 Å². The van der Waals surface area contributed by atoms with E-state index >= 15 is 0 Å². The molecule has 1 aromatic heterocycles. The van der Waals surface area contributed by atoms with Crippen LogP contribution in [-0.2, 0) is 13.5 Å². The Bertz CT molecular complexity index is 448. The van der Waals surface area contributed by atoms with Gasteiger partial charge in [0.05, 0.1) is 5.69 Å². The Morgan fingerprint density at radius 1 is 1.53 bits per heavy atom. The lowest BCUT2D eigenvalue weighted by Crippen LogP contribution is -2.60. The minimum atomic E-state index is -0.0378. The minimum absolute atomic E-state index is 0.0378. The van der Waals surface area contributed by atoms with Gasteiger partial charge in [0.25, 0.3) is 0 Å². The number of likely N-dealkylation sites (tertiary alicyclic amines) is 1. The largest absolute Gasteiger partial charge is 0.323 e. The monoisotopic (exact) mass is 265 g/mol. The zero-order chi connectivity index (χ0) is 14.0. The summed E-state index contributed by atoms with van der Waals surface area (Å²) in [6, 6.07) is 2.39. The molecule has 2 rings (SSSR count). The Balaban J connectivity index is 1.89. The van der Waals surface area contributed by atoms with E-state index in [1.54, 1.807) is 4.68 Å². The molecule has 0 saturated carbocycles. The Kier molecular flexibility index (Phi) is 4.09. The molecule has 1 aliphatic heterocycles. The van der Waals surface area contributed by atoms with Gasteiger partial charge in [-0.05, 0) is 20.5 Å². The van der Waals surface area contributed by atoms with Gasteiger partial charge in [0.15, 0.2) is 0 Å². The van der Waals surface area contributed by atoms with Gasteiger partial charge in [0.1, 0.15) is 5.82 Å². The molecule has 0 unspecified atom stereocenters. The number of hydrogen-bond acceptors (Lipinski definition) is 3. The van der Waals surface area contributed by atoms with Gasteiger partial charge in [-0.3, -0.25) is 10.00 Å². The number of carbonyl (C=O) groups is 1. The van der Waals surface area contributed by atoms with Crippen LogP contribution in [0.15, 0.2) is 6.07 Å². The molecule has 0 aromatic carbocycles. The molecule has 6 nitrogen and oxygen atoms in total. The van der Waals surface area contributed by atoms with E-state index in [9.17, 15) is 4.79 Å². The summed E-state index contributed by atoms with van der Waals surface area (Å²) in [5, 5.41) is 7.29. The standard InChI is InChI=1S/C13H23N5O/c1-5-6-10-7-12(17(4)15-10)14-13(19)18-8-11(9-18)16(2)3/h7,11H,5-6,8-9H2,1-4H3,(H,14,19). The van der Waals surface area contributed by atoms with Crippen LogP contribution in [0.5, 0.6) is 0 Å². The molecule has 0 atom stereocenters. The first-order valence-corrected chi connectivity index (χ1v) is 6.76. The summed E-state index contributed by atoms with van der Waals surface area (Å²) >= 11 is 0. The van der Waals surface area contributed by atoms with Crippen LogP contribution in [0.2, 0.25) is 0 Å². The van der Waals surface area contributed by atoms with Gasteiger partial charge in [0, 0.05) is 32.2 Å². The molecule has 106 valence electrons. The van der Waals surface area contributed by atoms with E-state index in [4.69, 9.17) is 0 Å². The summed E-state index contributed by atoms with van der Waals surface area (Å²) in [5.74, 6) is 0.766. The van der Waals surface area contributed by atoms with Crippen molar-refractivity contribution < 1.29 is 4.79 Å². The van der Waals surface area contributed by atoms with Gasteiger partial charge in [0.2, 0.25) is 0 Å². The maximum atomic E-state index is 12.0. The summed E-state index contributed by atoms with van der Waals surface area (Å²) in [5.41, 5.74) is 1.02. The number of rotatable bonds is 4. The highest BCUT2D eigenvalue weighted by Gasteiger charge is 2.32. The fraction of sp³-hybridized carbons (Fsp3) is 0.692. The van der Waals surface area contributed by atoms with Crippen LogP contribution in [0.1, 0.15) is 19.0 Å². The average molecular weight is 265 g/mol. The number of nitrogens with zero attached hydrogens (tertiary/aromatic N) is 4. The second-order valence-electron chi connectivity index (χ2n) is 5.35. The van der Waals surface area contributed by atoms with Crippen LogP contribution < -0.4 is 5.32 Å². The Morgan fingerprint density at radius 2 is 2.21 bits per heavy atom. The molecule has 1 aromatic rings. The SMILES string of the molecule is CCCc1cc(NC(=O)N2CC(N(C)C)C2)n(C)n1. The van der Waals surface area contributed by atoms with Gasteiger partial charge in [-0.15, -0.1) is 0 Å². The molecule has 1 fully saturated rings. The summed E-state index contributed by atoms with van der Waals surface area (Å²) in [6.45, 7) is 3.70. The Hall–Kier alpha value is -1.56. The molecule has 1 N–H and O–H groups in total.